The van der Waals surface area contributed by atoms with Crippen molar-refractivity contribution in [2.45, 2.75) is 13.3 Å². The van der Waals surface area contributed by atoms with Crippen LogP contribution >= 0.6 is 12.6 Å². The molecule has 0 spiro atoms. The van der Waals surface area contributed by atoms with Crippen LogP contribution in [0.15, 0.2) is 24.3 Å². The largest absolute Gasteiger partial charge is 0.207 e. The lowest BCUT2D eigenvalue weighted by Gasteiger charge is -2.00. The summed E-state index contributed by atoms with van der Waals surface area (Å²) < 4.78 is 13.0. The highest BCUT2D eigenvalue weighted by Crippen LogP contribution is 2.13. The highest BCUT2D eigenvalue weighted by Gasteiger charge is 1.98. The summed E-state index contributed by atoms with van der Waals surface area (Å²) in [6.07, 6.45) is 4.86. The van der Waals surface area contributed by atoms with E-state index in [1.807, 2.05) is 18.2 Å². The third-order valence-corrected chi connectivity index (χ3v) is 2.16. The van der Waals surface area contributed by atoms with Gasteiger partial charge < -0.3 is 0 Å². The van der Waals surface area contributed by atoms with Crippen LogP contribution in [0.1, 0.15) is 17.5 Å². The Balaban J connectivity index is 2.83. The summed E-state index contributed by atoms with van der Waals surface area (Å²) in [5.41, 5.74) is 1.65. The quantitative estimate of drug-likeness (QED) is 0.703. The molecule has 0 bridgehead atoms. The van der Waals surface area contributed by atoms with Gasteiger partial charge in [0.05, 0.1) is 0 Å². The summed E-state index contributed by atoms with van der Waals surface area (Å²) in [5, 5.41) is 0. The molecule has 0 aliphatic rings. The summed E-state index contributed by atoms with van der Waals surface area (Å²) in [4.78, 5) is 0. The molecule has 0 saturated heterocycles. The van der Waals surface area contributed by atoms with Crippen molar-refractivity contribution in [3.05, 3.63) is 41.2 Å². The van der Waals surface area contributed by atoms with Crippen LogP contribution in [0.2, 0.25) is 0 Å². The summed E-state index contributed by atoms with van der Waals surface area (Å²) >= 11 is 4.09. The van der Waals surface area contributed by atoms with Crippen molar-refractivity contribution < 1.29 is 4.39 Å². The molecule has 0 aromatic heterocycles. The van der Waals surface area contributed by atoms with Gasteiger partial charge in [-0.2, -0.15) is 12.6 Å². The lowest BCUT2D eigenvalue weighted by Crippen LogP contribution is -1.85. The topological polar surface area (TPSA) is 0 Å². The Labute approximate surface area is 83.9 Å². The molecule has 0 nitrogen and oxygen atoms in total. The first kappa shape index (κ1) is 10.3. The van der Waals surface area contributed by atoms with Gasteiger partial charge >= 0.3 is 0 Å². The maximum absolute atomic E-state index is 13.0. The first-order chi connectivity index (χ1) is 6.25. The lowest BCUT2D eigenvalue weighted by molar-refractivity contribution is 0.618. The lowest BCUT2D eigenvalue weighted by atomic mass is 10.1. The zero-order valence-corrected chi connectivity index (χ0v) is 8.52. The van der Waals surface area contributed by atoms with Gasteiger partial charge in [-0.25, -0.2) is 4.39 Å². The molecule has 0 radical (unpaired) electrons. The molecule has 0 fully saturated rings. The van der Waals surface area contributed by atoms with E-state index in [1.165, 1.54) is 6.07 Å². The maximum atomic E-state index is 13.0. The number of thiol groups is 1. The second-order valence-corrected chi connectivity index (χ2v) is 3.32. The van der Waals surface area contributed by atoms with E-state index in [9.17, 15) is 4.39 Å². The number of allylic oxidation sites excluding steroid dienone is 1. The molecule has 0 atom stereocenters. The van der Waals surface area contributed by atoms with Gasteiger partial charge in [0.2, 0.25) is 0 Å². The maximum Gasteiger partial charge on any atom is 0.126 e. The van der Waals surface area contributed by atoms with E-state index in [0.717, 1.165) is 17.7 Å². The van der Waals surface area contributed by atoms with Gasteiger partial charge in [0.1, 0.15) is 5.82 Å². The van der Waals surface area contributed by atoms with Gasteiger partial charge in [0, 0.05) is 0 Å². The Morgan fingerprint density at radius 2 is 2.23 bits per heavy atom. The SMILES string of the molecule is Cc1c(F)cccc1C=CCCS. The van der Waals surface area contributed by atoms with E-state index in [-0.39, 0.29) is 5.82 Å². The van der Waals surface area contributed by atoms with Crippen molar-refractivity contribution in [1.29, 1.82) is 0 Å². The minimum Gasteiger partial charge on any atom is -0.207 e. The molecular formula is C11H13FS. The highest BCUT2D eigenvalue weighted by molar-refractivity contribution is 7.80. The Morgan fingerprint density at radius 1 is 1.46 bits per heavy atom. The zero-order valence-electron chi connectivity index (χ0n) is 7.63. The van der Waals surface area contributed by atoms with Gasteiger partial charge in [-0.1, -0.05) is 24.3 Å². The fourth-order valence-electron chi connectivity index (χ4n) is 1.09. The molecule has 0 saturated carbocycles. The van der Waals surface area contributed by atoms with Crippen LogP contribution in [0.4, 0.5) is 4.39 Å². The van der Waals surface area contributed by atoms with Crippen LogP contribution in [0, 0.1) is 12.7 Å². The van der Waals surface area contributed by atoms with E-state index in [2.05, 4.69) is 12.6 Å². The number of benzene rings is 1. The average Bonchev–Trinajstić information content (AvgIpc) is 2.13. The second kappa shape index (κ2) is 5.07. The molecule has 2 heteroatoms. The van der Waals surface area contributed by atoms with Crippen LogP contribution < -0.4 is 0 Å². The molecule has 0 N–H and O–H groups in total. The van der Waals surface area contributed by atoms with Crippen molar-refractivity contribution in [1.82, 2.24) is 0 Å². The molecule has 0 unspecified atom stereocenters. The molecule has 0 amide bonds. The zero-order chi connectivity index (χ0) is 9.68. The minimum absolute atomic E-state index is 0.145. The van der Waals surface area contributed by atoms with E-state index < -0.39 is 0 Å². The summed E-state index contributed by atoms with van der Waals surface area (Å²) in [6.45, 7) is 1.79. The average molecular weight is 196 g/mol. The minimum atomic E-state index is -0.145. The monoisotopic (exact) mass is 196 g/mol. The fraction of sp³-hybridized carbons (Fsp3) is 0.273. The third kappa shape index (κ3) is 2.88. The highest BCUT2D eigenvalue weighted by atomic mass is 32.1. The first-order valence-corrected chi connectivity index (χ1v) is 4.91. The Bertz CT molecular complexity index is 305. The molecular weight excluding hydrogens is 183 g/mol. The van der Waals surface area contributed by atoms with E-state index in [0.29, 0.717) is 5.56 Å². The Hall–Kier alpha value is -0.760. The first-order valence-electron chi connectivity index (χ1n) is 4.28. The summed E-state index contributed by atoms with van der Waals surface area (Å²) in [6, 6.07) is 5.11. The van der Waals surface area contributed by atoms with Crippen LogP contribution in [-0.2, 0) is 0 Å². The standard InChI is InChI=1S/C11H13FS/c1-9-10(5-2-3-8-13)6-4-7-11(9)12/h2,4-7,13H,3,8H2,1H3. The van der Waals surface area contributed by atoms with Crippen molar-refractivity contribution in [2.24, 2.45) is 0 Å². The number of hydrogen-bond donors (Lipinski definition) is 1. The third-order valence-electron chi connectivity index (χ3n) is 1.90. The molecule has 0 aliphatic heterocycles. The fourth-order valence-corrected chi connectivity index (χ4v) is 1.24. The van der Waals surface area contributed by atoms with Gasteiger partial charge in [0.15, 0.2) is 0 Å². The normalized spacial score (nSPS) is 11.0. The second-order valence-electron chi connectivity index (χ2n) is 2.87. The van der Waals surface area contributed by atoms with Gasteiger partial charge in [-0.15, -0.1) is 0 Å². The number of rotatable bonds is 3. The predicted octanol–water partition coefficient (Wildman–Crippen LogP) is 3.47. The van der Waals surface area contributed by atoms with Crippen LogP contribution in [0.5, 0.6) is 0 Å². The van der Waals surface area contributed by atoms with E-state index in [1.54, 1.807) is 13.0 Å². The van der Waals surface area contributed by atoms with Crippen molar-refractivity contribution >= 4 is 18.7 Å². The molecule has 0 heterocycles. The molecule has 1 rings (SSSR count). The Kier molecular flexibility index (Phi) is 4.03. The van der Waals surface area contributed by atoms with E-state index in [4.69, 9.17) is 0 Å². The van der Waals surface area contributed by atoms with Crippen LogP contribution in [-0.4, -0.2) is 5.75 Å². The molecule has 1 aromatic carbocycles. The summed E-state index contributed by atoms with van der Waals surface area (Å²) in [5.74, 6) is 0.679. The van der Waals surface area contributed by atoms with Crippen molar-refractivity contribution in [2.75, 3.05) is 5.75 Å². The molecule has 70 valence electrons. The summed E-state index contributed by atoms with van der Waals surface area (Å²) in [7, 11) is 0. The Morgan fingerprint density at radius 3 is 2.92 bits per heavy atom. The van der Waals surface area contributed by atoms with Crippen molar-refractivity contribution in [3.8, 4) is 0 Å². The molecule has 1 aromatic rings. The predicted molar refractivity (Wildman–Crippen MR) is 58.6 cm³/mol. The van der Waals surface area contributed by atoms with Crippen LogP contribution in [0.25, 0.3) is 6.08 Å². The van der Waals surface area contributed by atoms with Crippen molar-refractivity contribution in [3.63, 3.8) is 0 Å². The number of hydrogen-bond acceptors (Lipinski definition) is 1. The van der Waals surface area contributed by atoms with Gasteiger partial charge in [-0.3, -0.25) is 0 Å². The number of halogens is 1. The van der Waals surface area contributed by atoms with E-state index >= 15 is 0 Å². The molecule has 13 heavy (non-hydrogen) atoms. The molecule has 0 aliphatic carbocycles. The smallest absolute Gasteiger partial charge is 0.126 e. The van der Waals surface area contributed by atoms with Crippen LogP contribution in [0.3, 0.4) is 0 Å². The van der Waals surface area contributed by atoms with Gasteiger partial charge in [-0.05, 0) is 36.3 Å². The van der Waals surface area contributed by atoms with Gasteiger partial charge in [0.25, 0.3) is 0 Å².